The Kier molecular flexibility index (Phi) is 4.83. The van der Waals surface area contributed by atoms with Crippen molar-refractivity contribution in [2.24, 2.45) is 13.0 Å². The first kappa shape index (κ1) is 17.9. The molecule has 4 nitrogen and oxygen atoms in total. The summed E-state index contributed by atoms with van der Waals surface area (Å²) in [5.74, 6) is 0.716. The highest BCUT2D eigenvalue weighted by molar-refractivity contribution is 7.14. The van der Waals surface area contributed by atoms with Crippen LogP contribution in [-0.4, -0.2) is 15.5 Å². The summed E-state index contributed by atoms with van der Waals surface area (Å²) in [5, 5.41) is 3.00. The molecule has 1 amide bonds. The Labute approximate surface area is 162 Å². The number of fused-ring (bicyclic) bond motifs is 1. The van der Waals surface area contributed by atoms with Crippen LogP contribution in [0.25, 0.3) is 0 Å². The van der Waals surface area contributed by atoms with E-state index >= 15 is 0 Å². The van der Waals surface area contributed by atoms with E-state index in [0.29, 0.717) is 22.2 Å². The minimum absolute atomic E-state index is 0.182. The topological polar surface area (TPSA) is 46.9 Å². The molecular formula is C21H22FN3OS. The van der Waals surface area contributed by atoms with Crippen molar-refractivity contribution >= 4 is 17.2 Å². The first-order valence-electron chi connectivity index (χ1n) is 9.17. The molecule has 27 heavy (non-hydrogen) atoms. The number of hydrogen-bond acceptors (Lipinski definition) is 3. The number of amides is 1. The number of hydrogen-bond donors (Lipinski definition) is 1. The fourth-order valence-corrected chi connectivity index (χ4v) is 4.78. The molecule has 2 aromatic heterocycles. The molecule has 1 aromatic carbocycles. The molecule has 4 rings (SSSR count). The van der Waals surface area contributed by atoms with Crippen molar-refractivity contribution in [1.82, 2.24) is 14.9 Å². The van der Waals surface area contributed by atoms with E-state index in [1.807, 2.05) is 13.1 Å². The van der Waals surface area contributed by atoms with Gasteiger partial charge in [-0.15, -0.1) is 11.3 Å². The van der Waals surface area contributed by atoms with Crippen LogP contribution in [0, 0.1) is 11.7 Å². The van der Waals surface area contributed by atoms with Crippen molar-refractivity contribution in [2.75, 3.05) is 0 Å². The number of carbonyl (C=O) groups excluding carboxylic acids is 1. The normalized spacial score (nSPS) is 17.4. The van der Waals surface area contributed by atoms with Crippen molar-refractivity contribution in [3.05, 3.63) is 75.2 Å². The molecule has 140 valence electrons. The summed E-state index contributed by atoms with van der Waals surface area (Å²) >= 11 is 1.56. The predicted molar refractivity (Wildman–Crippen MR) is 104 cm³/mol. The summed E-state index contributed by atoms with van der Waals surface area (Å²) in [7, 11) is 1.84. The number of thiophene rings is 1. The van der Waals surface area contributed by atoms with E-state index in [2.05, 4.69) is 17.2 Å². The van der Waals surface area contributed by atoms with Crippen molar-refractivity contribution in [1.29, 1.82) is 0 Å². The van der Waals surface area contributed by atoms with Crippen molar-refractivity contribution in [2.45, 2.75) is 32.2 Å². The van der Waals surface area contributed by atoms with Gasteiger partial charge < -0.3 is 9.88 Å². The molecule has 0 spiro atoms. The van der Waals surface area contributed by atoms with Crippen LogP contribution in [0.2, 0.25) is 0 Å². The van der Waals surface area contributed by atoms with Gasteiger partial charge in [0.15, 0.2) is 0 Å². The van der Waals surface area contributed by atoms with Gasteiger partial charge in [0.2, 0.25) is 0 Å². The highest BCUT2D eigenvalue weighted by Crippen LogP contribution is 2.33. The largest absolute Gasteiger partial charge is 0.337 e. The number of aryl methyl sites for hydroxylation is 2. The maximum absolute atomic E-state index is 14.5. The number of benzene rings is 1. The highest BCUT2D eigenvalue weighted by Gasteiger charge is 2.26. The standard InChI is InChI=1S/C21H22FN3OS/c1-13-7-8-17-14(11-13)12-18(27-17)21(26)24-19(20-23-9-10-25(20)2)15-5-3-4-6-16(15)22/h3-6,9-10,12-13,19H,7-8,11H2,1-2H3,(H,24,26). The molecule has 2 unspecified atom stereocenters. The van der Waals surface area contributed by atoms with Crippen LogP contribution in [0.15, 0.2) is 42.7 Å². The van der Waals surface area contributed by atoms with Crippen LogP contribution in [0.4, 0.5) is 4.39 Å². The van der Waals surface area contributed by atoms with Gasteiger partial charge in [-0.1, -0.05) is 25.1 Å². The summed E-state index contributed by atoms with van der Waals surface area (Å²) in [6.07, 6.45) is 6.67. The van der Waals surface area contributed by atoms with Gasteiger partial charge in [-0.25, -0.2) is 9.37 Å². The van der Waals surface area contributed by atoms with Gasteiger partial charge in [0.05, 0.1) is 4.88 Å². The molecule has 1 aliphatic carbocycles. The van der Waals surface area contributed by atoms with E-state index in [9.17, 15) is 9.18 Å². The number of imidazole rings is 1. The lowest BCUT2D eigenvalue weighted by Crippen LogP contribution is -2.31. The summed E-state index contributed by atoms with van der Waals surface area (Å²) in [6, 6.07) is 7.87. The van der Waals surface area contributed by atoms with Crippen LogP contribution >= 0.6 is 11.3 Å². The third-order valence-electron chi connectivity index (χ3n) is 5.16. The highest BCUT2D eigenvalue weighted by atomic mass is 32.1. The minimum atomic E-state index is -0.642. The van der Waals surface area contributed by atoms with Gasteiger partial charge in [-0.2, -0.15) is 0 Å². The number of rotatable bonds is 4. The molecule has 6 heteroatoms. The number of nitrogens with one attached hydrogen (secondary N) is 1. The Morgan fingerprint density at radius 1 is 1.41 bits per heavy atom. The molecule has 0 radical (unpaired) electrons. The Bertz CT molecular complexity index is 977. The summed E-state index contributed by atoms with van der Waals surface area (Å²) in [4.78, 5) is 19.3. The van der Waals surface area contributed by atoms with Crippen molar-refractivity contribution < 1.29 is 9.18 Å². The molecule has 2 atom stereocenters. The van der Waals surface area contributed by atoms with E-state index < -0.39 is 6.04 Å². The maximum Gasteiger partial charge on any atom is 0.262 e. The Morgan fingerprint density at radius 2 is 2.22 bits per heavy atom. The minimum Gasteiger partial charge on any atom is -0.337 e. The van der Waals surface area contributed by atoms with Gasteiger partial charge in [-0.3, -0.25) is 4.79 Å². The van der Waals surface area contributed by atoms with Gasteiger partial charge in [-0.05, 0) is 42.9 Å². The summed E-state index contributed by atoms with van der Waals surface area (Å²) in [6.45, 7) is 2.25. The van der Waals surface area contributed by atoms with Crippen LogP contribution in [0.3, 0.4) is 0 Å². The van der Waals surface area contributed by atoms with Gasteiger partial charge in [0, 0.05) is 29.9 Å². The lowest BCUT2D eigenvalue weighted by atomic mass is 9.90. The average Bonchev–Trinajstić information content (AvgIpc) is 3.26. The first-order chi connectivity index (χ1) is 13.0. The van der Waals surface area contributed by atoms with Crippen LogP contribution in [-0.2, 0) is 19.9 Å². The maximum atomic E-state index is 14.5. The van der Waals surface area contributed by atoms with E-state index in [0.717, 1.165) is 12.8 Å². The van der Waals surface area contributed by atoms with E-state index in [1.54, 1.807) is 46.5 Å². The van der Waals surface area contributed by atoms with E-state index in [4.69, 9.17) is 0 Å². The molecule has 1 N–H and O–H groups in total. The zero-order valence-corrected chi connectivity index (χ0v) is 16.2. The Hall–Kier alpha value is -2.47. The second-order valence-electron chi connectivity index (χ2n) is 7.23. The average molecular weight is 383 g/mol. The molecule has 0 bridgehead atoms. The van der Waals surface area contributed by atoms with Crippen LogP contribution in [0.5, 0.6) is 0 Å². The lowest BCUT2D eigenvalue weighted by Gasteiger charge is -2.19. The second kappa shape index (κ2) is 7.27. The predicted octanol–water partition coefficient (Wildman–Crippen LogP) is 4.26. The smallest absolute Gasteiger partial charge is 0.262 e. The van der Waals surface area contributed by atoms with E-state index in [-0.39, 0.29) is 11.7 Å². The molecule has 0 saturated heterocycles. The summed E-state index contributed by atoms with van der Waals surface area (Å²) in [5.41, 5.74) is 1.69. The third-order valence-corrected chi connectivity index (χ3v) is 6.40. The van der Waals surface area contributed by atoms with Crippen LogP contribution in [0.1, 0.15) is 50.9 Å². The van der Waals surface area contributed by atoms with Crippen molar-refractivity contribution in [3.8, 4) is 0 Å². The number of halogens is 1. The van der Waals surface area contributed by atoms with Gasteiger partial charge >= 0.3 is 0 Å². The van der Waals surface area contributed by atoms with Gasteiger partial charge in [0.1, 0.15) is 17.7 Å². The fourth-order valence-electron chi connectivity index (χ4n) is 3.67. The fraction of sp³-hybridized carbons (Fsp3) is 0.333. The van der Waals surface area contributed by atoms with Crippen molar-refractivity contribution in [3.63, 3.8) is 0 Å². The molecule has 0 saturated carbocycles. The van der Waals surface area contributed by atoms with Gasteiger partial charge in [0.25, 0.3) is 5.91 Å². The zero-order chi connectivity index (χ0) is 19.0. The second-order valence-corrected chi connectivity index (χ2v) is 8.37. The molecule has 3 aromatic rings. The molecular weight excluding hydrogens is 361 g/mol. The molecule has 2 heterocycles. The van der Waals surface area contributed by atoms with Crippen LogP contribution < -0.4 is 5.32 Å². The number of aromatic nitrogens is 2. The molecule has 0 aliphatic heterocycles. The quantitative estimate of drug-likeness (QED) is 0.732. The number of carbonyl (C=O) groups is 1. The zero-order valence-electron chi connectivity index (χ0n) is 15.4. The lowest BCUT2D eigenvalue weighted by molar-refractivity contribution is 0.0944. The summed E-state index contributed by atoms with van der Waals surface area (Å²) < 4.78 is 16.3. The third kappa shape index (κ3) is 3.54. The Morgan fingerprint density at radius 3 is 2.96 bits per heavy atom. The number of nitrogens with zero attached hydrogens (tertiary/aromatic N) is 2. The molecule has 0 fully saturated rings. The first-order valence-corrected chi connectivity index (χ1v) is 9.98. The Balaban J connectivity index is 1.65. The molecule has 1 aliphatic rings. The monoisotopic (exact) mass is 383 g/mol. The SMILES string of the molecule is CC1CCc2sc(C(=O)NC(c3ccccc3F)c3nccn3C)cc2C1. The van der Waals surface area contributed by atoms with E-state index in [1.165, 1.54) is 22.9 Å².